The summed E-state index contributed by atoms with van der Waals surface area (Å²) >= 11 is 0. The molecule has 0 radical (unpaired) electrons. The van der Waals surface area contributed by atoms with E-state index in [-0.39, 0.29) is 0 Å². The fourth-order valence-electron chi connectivity index (χ4n) is 2.83. The summed E-state index contributed by atoms with van der Waals surface area (Å²) in [6.07, 6.45) is 0.598. The molecule has 3 N–H and O–H groups in total. The van der Waals surface area contributed by atoms with E-state index in [1.54, 1.807) is 0 Å². The number of hydrogen-bond acceptors (Lipinski definition) is 3. The topological polar surface area (TPSA) is 87.7 Å². The molecule has 1 saturated heterocycles. The highest BCUT2D eigenvalue weighted by molar-refractivity contribution is 5.86. The summed E-state index contributed by atoms with van der Waals surface area (Å²) in [5, 5.41) is 14.8. The van der Waals surface area contributed by atoms with Gasteiger partial charge in [-0.3, -0.25) is 0 Å². The molecule has 1 aliphatic heterocycles. The molecule has 0 unspecified atom stereocenters. The highest BCUT2D eigenvalue weighted by Gasteiger charge is 2.41. The van der Waals surface area contributed by atoms with Crippen molar-refractivity contribution in [1.29, 1.82) is 0 Å². The van der Waals surface area contributed by atoms with Crippen LogP contribution in [-0.4, -0.2) is 42.4 Å². The minimum absolute atomic E-state index is 0.299. The quantitative estimate of drug-likeness (QED) is 0.698. The Hall–Kier alpha value is -1.30. The van der Waals surface area contributed by atoms with E-state index in [1.807, 2.05) is 0 Å². The molecule has 21 heavy (non-hydrogen) atoms. The highest BCUT2D eigenvalue weighted by atomic mass is 16.5. The predicted octanol–water partition coefficient (Wildman–Crippen LogP) is 1.85. The Morgan fingerprint density at radius 1 is 1.14 bits per heavy atom. The van der Waals surface area contributed by atoms with Crippen LogP contribution in [0.4, 0.5) is 4.79 Å². The van der Waals surface area contributed by atoms with Gasteiger partial charge in [-0.1, -0.05) is 27.7 Å². The molecule has 1 fully saturated rings. The Morgan fingerprint density at radius 2 is 1.67 bits per heavy atom. The number of hydrogen-bond donors (Lipinski definition) is 3. The molecule has 1 rings (SSSR count). The van der Waals surface area contributed by atoms with Crippen LogP contribution < -0.4 is 10.6 Å². The second kappa shape index (κ2) is 7.64. The van der Waals surface area contributed by atoms with Gasteiger partial charge in [0.2, 0.25) is 0 Å². The predicted molar refractivity (Wildman–Crippen MR) is 80.1 cm³/mol. The van der Waals surface area contributed by atoms with Crippen LogP contribution in [0.1, 0.15) is 40.5 Å². The fraction of sp³-hybridized carbons (Fsp3) is 0.867. The van der Waals surface area contributed by atoms with Crippen molar-refractivity contribution in [3.8, 4) is 0 Å². The highest BCUT2D eigenvalue weighted by Crippen LogP contribution is 2.22. The van der Waals surface area contributed by atoms with Crippen LogP contribution in [0.3, 0.4) is 0 Å². The largest absolute Gasteiger partial charge is 0.480 e. The number of amides is 2. The summed E-state index contributed by atoms with van der Waals surface area (Å²) in [7, 11) is 0. The Kier molecular flexibility index (Phi) is 6.45. The molecule has 0 aliphatic carbocycles. The average molecular weight is 300 g/mol. The van der Waals surface area contributed by atoms with Crippen molar-refractivity contribution in [2.45, 2.75) is 46.1 Å². The molecule has 6 nitrogen and oxygen atoms in total. The summed E-state index contributed by atoms with van der Waals surface area (Å²) in [5.41, 5.74) is -1.20. The van der Waals surface area contributed by atoms with Crippen LogP contribution in [0, 0.1) is 17.8 Å². The lowest BCUT2D eigenvalue weighted by Crippen LogP contribution is -2.60. The van der Waals surface area contributed by atoms with E-state index in [4.69, 9.17) is 4.74 Å². The second-order valence-corrected chi connectivity index (χ2v) is 6.49. The third-order valence-electron chi connectivity index (χ3n) is 4.32. The Balaban J connectivity index is 2.57. The molecular weight excluding hydrogens is 272 g/mol. The molecule has 0 aromatic heterocycles. The van der Waals surface area contributed by atoms with Gasteiger partial charge in [0, 0.05) is 32.6 Å². The van der Waals surface area contributed by atoms with Crippen molar-refractivity contribution in [2.24, 2.45) is 17.8 Å². The van der Waals surface area contributed by atoms with E-state index in [9.17, 15) is 14.7 Å². The number of carbonyl (C=O) groups is 2. The van der Waals surface area contributed by atoms with E-state index in [2.05, 4.69) is 38.3 Å². The summed E-state index contributed by atoms with van der Waals surface area (Å²) in [4.78, 5) is 23.5. The number of urea groups is 1. The number of ether oxygens (including phenoxy) is 1. The van der Waals surface area contributed by atoms with Crippen molar-refractivity contribution in [3.63, 3.8) is 0 Å². The van der Waals surface area contributed by atoms with Crippen molar-refractivity contribution >= 4 is 12.0 Å². The average Bonchev–Trinajstić information content (AvgIpc) is 2.38. The molecule has 0 spiro atoms. The first-order valence-corrected chi connectivity index (χ1v) is 7.65. The van der Waals surface area contributed by atoms with Gasteiger partial charge in [-0.15, -0.1) is 0 Å². The third-order valence-corrected chi connectivity index (χ3v) is 4.32. The molecule has 1 aliphatic rings. The number of aliphatic carboxylic acids is 1. The smallest absolute Gasteiger partial charge is 0.329 e. The molecule has 0 saturated carbocycles. The van der Waals surface area contributed by atoms with E-state index >= 15 is 0 Å². The molecule has 122 valence electrons. The van der Waals surface area contributed by atoms with Crippen LogP contribution in [0.15, 0.2) is 0 Å². The third kappa shape index (κ3) is 4.88. The summed E-state index contributed by atoms with van der Waals surface area (Å²) < 4.78 is 5.18. The first kappa shape index (κ1) is 17.8. The van der Waals surface area contributed by atoms with Gasteiger partial charge >= 0.3 is 12.0 Å². The maximum Gasteiger partial charge on any atom is 0.329 e. The molecule has 0 atom stereocenters. The summed E-state index contributed by atoms with van der Waals surface area (Å²) in [6.45, 7) is 9.76. The number of carboxylic acids is 1. The lowest BCUT2D eigenvalue weighted by Gasteiger charge is -2.34. The maximum absolute atomic E-state index is 12.0. The minimum atomic E-state index is -1.20. The Morgan fingerprint density at radius 3 is 2.10 bits per heavy atom. The molecule has 0 aromatic rings. The first-order valence-electron chi connectivity index (χ1n) is 7.65. The van der Waals surface area contributed by atoms with Gasteiger partial charge in [0.1, 0.15) is 5.54 Å². The zero-order chi connectivity index (χ0) is 16.0. The SMILES string of the molecule is CC(C)C(CNC(=O)NC1(C(=O)O)CCOCC1)C(C)C. The Labute approximate surface area is 126 Å². The second-order valence-electron chi connectivity index (χ2n) is 6.49. The number of nitrogens with one attached hydrogen (secondary N) is 2. The van der Waals surface area contributed by atoms with Crippen LogP contribution >= 0.6 is 0 Å². The van der Waals surface area contributed by atoms with Gasteiger partial charge in [0.15, 0.2) is 0 Å². The minimum Gasteiger partial charge on any atom is -0.480 e. The van der Waals surface area contributed by atoms with Gasteiger partial charge in [-0.05, 0) is 17.8 Å². The molecule has 6 heteroatoms. The summed E-state index contributed by atoms with van der Waals surface area (Å²) in [5.74, 6) is 0.292. The number of carboxylic acid groups (broad SMARTS) is 1. The Bertz CT molecular complexity index is 355. The van der Waals surface area contributed by atoms with Gasteiger partial charge < -0.3 is 20.5 Å². The molecular formula is C15H28N2O4. The maximum atomic E-state index is 12.0. The van der Waals surface area contributed by atoms with Crippen molar-refractivity contribution < 1.29 is 19.4 Å². The van der Waals surface area contributed by atoms with Crippen LogP contribution in [0.5, 0.6) is 0 Å². The van der Waals surface area contributed by atoms with Crippen molar-refractivity contribution in [2.75, 3.05) is 19.8 Å². The zero-order valence-corrected chi connectivity index (χ0v) is 13.4. The van der Waals surface area contributed by atoms with Gasteiger partial charge in [-0.2, -0.15) is 0 Å². The van der Waals surface area contributed by atoms with Crippen molar-refractivity contribution in [1.82, 2.24) is 10.6 Å². The molecule has 0 aromatic carbocycles. The number of rotatable bonds is 6. The first-order chi connectivity index (χ1) is 9.78. The van der Waals surface area contributed by atoms with E-state index in [1.165, 1.54) is 0 Å². The van der Waals surface area contributed by atoms with Crippen molar-refractivity contribution in [3.05, 3.63) is 0 Å². The lowest BCUT2D eigenvalue weighted by atomic mass is 9.85. The van der Waals surface area contributed by atoms with E-state index < -0.39 is 17.5 Å². The van der Waals surface area contributed by atoms with Gasteiger partial charge in [0.05, 0.1) is 0 Å². The van der Waals surface area contributed by atoms with E-state index in [0.717, 1.165) is 0 Å². The van der Waals surface area contributed by atoms with Crippen LogP contribution in [0.2, 0.25) is 0 Å². The number of carbonyl (C=O) groups excluding carboxylic acids is 1. The monoisotopic (exact) mass is 300 g/mol. The van der Waals surface area contributed by atoms with Gasteiger partial charge in [-0.25, -0.2) is 9.59 Å². The fourth-order valence-corrected chi connectivity index (χ4v) is 2.83. The summed E-state index contributed by atoms with van der Waals surface area (Å²) in [6, 6.07) is -0.411. The van der Waals surface area contributed by atoms with Crippen LogP contribution in [-0.2, 0) is 9.53 Å². The molecule has 1 heterocycles. The molecule has 2 amide bonds. The van der Waals surface area contributed by atoms with Gasteiger partial charge in [0.25, 0.3) is 0 Å². The molecule has 0 bridgehead atoms. The lowest BCUT2D eigenvalue weighted by molar-refractivity contribution is -0.148. The zero-order valence-electron chi connectivity index (χ0n) is 13.4. The van der Waals surface area contributed by atoms with Crippen LogP contribution in [0.25, 0.3) is 0 Å². The normalized spacial score (nSPS) is 18.0. The van der Waals surface area contributed by atoms with E-state index in [0.29, 0.717) is 50.4 Å². The standard InChI is InChI=1S/C15H28N2O4/c1-10(2)12(11(3)4)9-16-14(20)17-15(13(18)19)5-7-21-8-6-15/h10-12H,5-9H2,1-4H3,(H,18,19)(H2,16,17,20).